The molecule has 1 aromatic heterocycles. The zero-order valence-corrected chi connectivity index (χ0v) is 33.9. The fourth-order valence-electron chi connectivity index (χ4n) is 5.22. The number of thioether (sulfide) groups is 1. The number of aliphatic imine (C=N–C) groups is 1. The Labute approximate surface area is 324 Å². The Bertz CT molecular complexity index is 1470. The monoisotopic (exact) mass is 753 g/mol. The van der Waals surface area contributed by atoms with E-state index in [0.29, 0.717) is 33.6 Å². The smallest absolute Gasteiger partial charge is 0.413 e. The van der Waals surface area contributed by atoms with E-state index in [1.807, 2.05) is 58.9 Å². The quantitative estimate of drug-likeness (QED) is 0.116. The third-order valence-corrected chi connectivity index (χ3v) is 9.24. The van der Waals surface area contributed by atoms with E-state index < -0.39 is 12.2 Å². The van der Waals surface area contributed by atoms with Crippen molar-refractivity contribution < 1.29 is 23.9 Å². The van der Waals surface area contributed by atoms with Crippen LogP contribution in [0, 0.1) is 12.8 Å². The number of rotatable bonds is 11. The molecular weight excluding hydrogens is 687 g/mol. The Morgan fingerprint density at radius 3 is 1.89 bits per heavy atom. The number of aromatic nitrogens is 1. The lowest BCUT2D eigenvalue weighted by Crippen LogP contribution is -2.35. The zero-order chi connectivity index (χ0) is 39.2. The molecule has 0 spiro atoms. The number of amides is 3. The molecule has 0 radical (unpaired) electrons. The van der Waals surface area contributed by atoms with Gasteiger partial charge in [0.1, 0.15) is 23.9 Å². The van der Waals surface area contributed by atoms with E-state index in [-0.39, 0.29) is 31.5 Å². The molecule has 0 saturated heterocycles. The molecule has 3 N–H and O–H groups in total. The summed E-state index contributed by atoms with van der Waals surface area (Å²) in [6.45, 7) is 28.8. The van der Waals surface area contributed by atoms with Gasteiger partial charge in [-0.2, -0.15) is 0 Å². The molecule has 2 saturated carbocycles. The van der Waals surface area contributed by atoms with Gasteiger partial charge in [-0.3, -0.25) is 15.4 Å². The summed E-state index contributed by atoms with van der Waals surface area (Å²) in [6.07, 6.45) is 13.6. The highest BCUT2D eigenvalue weighted by Gasteiger charge is 2.20. The second-order valence-electron chi connectivity index (χ2n) is 13.0. The number of pyridine rings is 1. The van der Waals surface area contributed by atoms with Gasteiger partial charge in [-0.1, -0.05) is 91.6 Å². The third-order valence-electron chi connectivity index (χ3n) is 8.07. The maximum atomic E-state index is 12.3. The van der Waals surface area contributed by atoms with Crippen molar-refractivity contribution >= 4 is 47.1 Å². The number of amidine groups is 1. The van der Waals surface area contributed by atoms with Gasteiger partial charge in [-0.05, 0) is 119 Å². The van der Waals surface area contributed by atoms with Gasteiger partial charge in [0.2, 0.25) is 5.91 Å². The first-order valence-corrected chi connectivity index (χ1v) is 19.4. The van der Waals surface area contributed by atoms with Crippen LogP contribution in [0.2, 0.25) is 0 Å². The summed E-state index contributed by atoms with van der Waals surface area (Å²) in [6, 6.07) is 3.77. The van der Waals surface area contributed by atoms with Gasteiger partial charge in [-0.15, -0.1) is 0 Å². The SMILES string of the molecule is C.C=C(C)N=C(NC(=O)OC1CCCCC1)/C(C)=C\C.C=C(NC(C)=O)S/C(=C/C(=C)c1ccc(C)c(NC(=O)OC2CCCCC2)n1)C(C)C.CC. The number of nitrogens with one attached hydrogen (secondary N) is 3. The average molecular weight is 754 g/mol. The molecule has 296 valence electrons. The summed E-state index contributed by atoms with van der Waals surface area (Å²) >= 11 is 1.40. The van der Waals surface area contributed by atoms with Gasteiger partial charge < -0.3 is 14.8 Å². The van der Waals surface area contributed by atoms with Crippen molar-refractivity contribution in [2.24, 2.45) is 10.9 Å². The Hall–Kier alpha value is -4.12. The summed E-state index contributed by atoms with van der Waals surface area (Å²) < 4.78 is 11.0. The topological polar surface area (TPSA) is 131 Å². The number of carbonyl (C=O) groups is 3. The minimum Gasteiger partial charge on any atom is -0.446 e. The van der Waals surface area contributed by atoms with Crippen molar-refractivity contribution in [3.63, 3.8) is 0 Å². The van der Waals surface area contributed by atoms with Crippen LogP contribution in [0.3, 0.4) is 0 Å². The number of carbonyl (C=O) groups excluding carboxylic acids is 3. The number of aryl methyl sites for hydroxylation is 1. The molecule has 2 aliphatic rings. The standard InChI is InChI=1S/C24H33N3O3S.C15H24N2O2.C2H6.CH4/c1-15(2)22(31-19(6)25-18(5)28)14-17(4)21-13-12-16(3)23(26-21)27-24(29)30-20-10-8-7-9-11-20;1-5-12(4)14(16-11(2)3)17-15(18)19-13-9-7-6-8-10-13;1-2;/h12-15,20H,4,6-11H2,1-3,5H3,(H,25,28)(H,26,27,29);5,13H,2,6-10H2,1,3-4H3,(H,16,17,18);1-2H3;1H4/b22-14+;12-5-;;. The normalized spacial score (nSPS) is 15.2. The molecule has 1 aromatic rings. The first-order chi connectivity index (χ1) is 24.7. The van der Waals surface area contributed by atoms with E-state index in [1.165, 1.54) is 31.5 Å². The lowest BCUT2D eigenvalue weighted by atomic mass is 9.98. The zero-order valence-electron chi connectivity index (χ0n) is 33.1. The number of ether oxygens (including phenoxy) is 2. The van der Waals surface area contributed by atoms with E-state index in [1.54, 1.807) is 6.92 Å². The number of alkyl carbamates (subject to hydrolysis) is 1. The second kappa shape index (κ2) is 26.6. The largest absolute Gasteiger partial charge is 0.446 e. The number of nitrogens with zero attached hydrogens (tertiary/aromatic N) is 2. The lowest BCUT2D eigenvalue weighted by Gasteiger charge is -2.22. The average Bonchev–Trinajstić information content (AvgIpc) is 3.09. The van der Waals surface area contributed by atoms with Gasteiger partial charge in [0, 0.05) is 12.6 Å². The summed E-state index contributed by atoms with van der Waals surface area (Å²) in [5.74, 6) is 1.03. The van der Waals surface area contributed by atoms with Crippen molar-refractivity contribution in [3.8, 4) is 0 Å². The first kappa shape index (κ1) is 48.9. The molecular formula is C42H67N5O5S. The molecule has 0 aromatic carbocycles. The highest BCUT2D eigenvalue weighted by molar-refractivity contribution is 8.06. The molecule has 53 heavy (non-hydrogen) atoms. The predicted molar refractivity (Wildman–Crippen MR) is 225 cm³/mol. The van der Waals surface area contributed by atoms with Crippen LogP contribution in [0.15, 0.2) is 70.2 Å². The lowest BCUT2D eigenvalue weighted by molar-refractivity contribution is -0.118. The molecule has 3 rings (SSSR count). The number of hydrogen-bond donors (Lipinski definition) is 3. The van der Waals surface area contributed by atoms with Crippen LogP contribution in [0.25, 0.3) is 5.57 Å². The Morgan fingerprint density at radius 1 is 0.887 bits per heavy atom. The number of anilines is 1. The van der Waals surface area contributed by atoms with Gasteiger partial charge in [0.05, 0.1) is 10.7 Å². The maximum Gasteiger partial charge on any atom is 0.413 e. The molecule has 0 bridgehead atoms. The summed E-state index contributed by atoms with van der Waals surface area (Å²) in [4.78, 5) is 45.3. The number of hydrogen-bond acceptors (Lipinski definition) is 8. The van der Waals surface area contributed by atoms with E-state index in [9.17, 15) is 14.4 Å². The second-order valence-corrected chi connectivity index (χ2v) is 14.2. The van der Waals surface area contributed by atoms with Crippen molar-refractivity contribution in [3.05, 3.63) is 76.5 Å². The molecule has 3 amide bonds. The Balaban J connectivity index is 0.00000106. The van der Waals surface area contributed by atoms with Crippen LogP contribution in [0.1, 0.15) is 138 Å². The molecule has 2 fully saturated rings. The van der Waals surface area contributed by atoms with Crippen LogP contribution in [-0.4, -0.2) is 41.1 Å². The van der Waals surface area contributed by atoms with Crippen molar-refractivity contribution in [2.45, 2.75) is 146 Å². The van der Waals surface area contributed by atoms with Crippen LogP contribution in [0.4, 0.5) is 15.4 Å². The summed E-state index contributed by atoms with van der Waals surface area (Å²) in [7, 11) is 0. The molecule has 0 atom stereocenters. The molecule has 0 aliphatic heterocycles. The van der Waals surface area contributed by atoms with E-state index >= 15 is 0 Å². The van der Waals surface area contributed by atoms with E-state index in [4.69, 9.17) is 9.47 Å². The Morgan fingerprint density at radius 2 is 1.42 bits per heavy atom. The van der Waals surface area contributed by atoms with Gasteiger partial charge in [-0.25, -0.2) is 19.6 Å². The highest BCUT2D eigenvalue weighted by atomic mass is 32.2. The molecule has 10 nitrogen and oxygen atoms in total. The molecule has 2 aliphatic carbocycles. The van der Waals surface area contributed by atoms with Crippen LogP contribution in [-0.2, 0) is 14.3 Å². The Kier molecular flexibility index (Phi) is 24.5. The minimum atomic E-state index is -0.467. The van der Waals surface area contributed by atoms with Gasteiger partial charge in [0.25, 0.3) is 0 Å². The fraction of sp³-hybridized carbons (Fsp3) is 0.548. The summed E-state index contributed by atoms with van der Waals surface area (Å²) in [5, 5.41) is 8.74. The highest BCUT2D eigenvalue weighted by Crippen LogP contribution is 2.32. The molecule has 0 unspecified atom stereocenters. The fourth-order valence-corrected chi connectivity index (χ4v) is 6.14. The van der Waals surface area contributed by atoms with Gasteiger partial charge in [0.15, 0.2) is 0 Å². The van der Waals surface area contributed by atoms with Crippen LogP contribution >= 0.6 is 11.8 Å². The maximum absolute atomic E-state index is 12.3. The van der Waals surface area contributed by atoms with Crippen molar-refractivity contribution in [2.75, 3.05) is 5.32 Å². The van der Waals surface area contributed by atoms with Crippen LogP contribution in [0.5, 0.6) is 0 Å². The van der Waals surface area contributed by atoms with Crippen molar-refractivity contribution in [1.29, 1.82) is 0 Å². The predicted octanol–water partition coefficient (Wildman–Crippen LogP) is 11.8. The van der Waals surface area contributed by atoms with Gasteiger partial charge >= 0.3 is 12.2 Å². The van der Waals surface area contributed by atoms with E-state index in [2.05, 4.69) is 59.5 Å². The van der Waals surface area contributed by atoms with Crippen LogP contribution < -0.4 is 16.0 Å². The van der Waals surface area contributed by atoms with E-state index in [0.717, 1.165) is 67.4 Å². The summed E-state index contributed by atoms with van der Waals surface area (Å²) in [5.41, 5.74) is 3.74. The number of allylic oxidation sites excluding steroid dienone is 5. The molecule has 11 heteroatoms. The van der Waals surface area contributed by atoms with Crippen molar-refractivity contribution in [1.82, 2.24) is 15.6 Å². The first-order valence-electron chi connectivity index (χ1n) is 18.5. The third kappa shape index (κ3) is 20.1. The minimum absolute atomic E-state index is 0. The molecule has 1 heterocycles.